The Hall–Kier alpha value is -3.16. The fraction of sp³-hybridized carbons (Fsp3) is 0.235. The molecule has 3 rings (SSSR count). The number of halogens is 1. The Morgan fingerprint density at radius 2 is 2.08 bits per heavy atom. The normalized spacial score (nSPS) is 10.8. The van der Waals surface area contributed by atoms with Gasteiger partial charge in [0, 0.05) is 22.5 Å². The molecule has 0 aliphatic carbocycles. The first-order valence-corrected chi connectivity index (χ1v) is 7.56. The van der Waals surface area contributed by atoms with Gasteiger partial charge in [0.05, 0.1) is 6.42 Å². The fourth-order valence-corrected chi connectivity index (χ4v) is 2.50. The quantitative estimate of drug-likeness (QED) is 0.519. The zero-order valence-electron chi connectivity index (χ0n) is 13.7. The summed E-state index contributed by atoms with van der Waals surface area (Å²) in [4.78, 5) is 32.3. The van der Waals surface area contributed by atoms with Crippen LogP contribution >= 0.6 is 0 Å². The standard InChI is InChI=1S/C17H15FN4O3/c1-10-14(11(2)22-17(21-10)19-9-20-22)7-16(24)25-8-15(23)12-4-3-5-13(18)6-12/h3-6,9H,7-8H2,1-2H3. The topological polar surface area (TPSA) is 86.4 Å². The van der Waals surface area contributed by atoms with Crippen LogP contribution in [-0.2, 0) is 16.0 Å². The SMILES string of the molecule is Cc1nc2ncnn2c(C)c1CC(=O)OCC(=O)c1cccc(F)c1. The van der Waals surface area contributed by atoms with Crippen LogP contribution in [0.3, 0.4) is 0 Å². The van der Waals surface area contributed by atoms with Crippen molar-refractivity contribution in [3.63, 3.8) is 0 Å². The highest BCUT2D eigenvalue weighted by Gasteiger charge is 2.16. The minimum absolute atomic E-state index is 0.0447. The second-order valence-electron chi connectivity index (χ2n) is 5.50. The van der Waals surface area contributed by atoms with Gasteiger partial charge in [0.25, 0.3) is 5.78 Å². The average Bonchev–Trinajstić information content (AvgIpc) is 3.05. The molecule has 2 aromatic heterocycles. The highest BCUT2D eigenvalue weighted by molar-refractivity contribution is 5.98. The Morgan fingerprint density at radius 3 is 2.84 bits per heavy atom. The number of nitrogens with zero attached hydrogens (tertiary/aromatic N) is 4. The summed E-state index contributed by atoms with van der Waals surface area (Å²) in [5.74, 6) is -1.10. The van der Waals surface area contributed by atoms with Gasteiger partial charge in [-0.05, 0) is 26.0 Å². The molecule has 0 saturated heterocycles. The summed E-state index contributed by atoms with van der Waals surface area (Å²) in [5, 5.41) is 4.05. The summed E-state index contributed by atoms with van der Waals surface area (Å²) in [6.45, 7) is 3.12. The number of aromatic nitrogens is 4. The van der Waals surface area contributed by atoms with Crippen molar-refractivity contribution >= 4 is 17.5 Å². The van der Waals surface area contributed by atoms with Gasteiger partial charge in [-0.2, -0.15) is 10.1 Å². The summed E-state index contributed by atoms with van der Waals surface area (Å²) in [7, 11) is 0. The number of carbonyl (C=O) groups excluding carboxylic acids is 2. The van der Waals surface area contributed by atoms with E-state index in [9.17, 15) is 14.0 Å². The zero-order chi connectivity index (χ0) is 18.0. The molecule has 2 heterocycles. The lowest BCUT2D eigenvalue weighted by Crippen LogP contribution is -2.18. The van der Waals surface area contributed by atoms with Gasteiger partial charge < -0.3 is 4.74 Å². The van der Waals surface area contributed by atoms with Crippen LogP contribution in [0.25, 0.3) is 5.78 Å². The van der Waals surface area contributed by atoms with E-state index < -0.39 is 24.2 Å². The predicted molar refractivity (Wildman–Crippen MR) is 85.6 cm³/mol. The molecule has 3 aromatic rings. The monoisotopic (exact) mass is 342 g/mol. The lowest BCUT2D eigenvalue weighted by Gasteiger charge is -2.10. The van der Waals surface area contributed by atoms with Crippen LogP contribution in [0.1, 0.15) is 27.3 Å². The molecular formula is C17H15FN4O3. The number of aryl methyl sites for hydroxylation is 2. The van der Waals surface area contributed by atoms with Gasteiger partial charge >= 0.3 is 5.97 Å². The van der Waals surface area contributed by atoms with E-state index in [0.29, 0.717) is 17.0 Å². The molecule has 0 bridgehead atoms. The van der Waals surface area contributed by atoms with E-state index in [4.69, 9.17) is 4.74 Å². The molecule has 0 atom stereocenters. The minimum atomic E-state index is -0.572. The van der Waals surface area contributed by atoms with Gasteiger partial charge in [-0.3, -0.25) is 9.59 Å². The number of esters is 1. The summed E-state index contributed by atoms with van der Waals surface area (Å²) in [6.07, 6.45) is 1.34. The van der Waals surface area contributed by atoms with Crippen molar-refractivity contribution in [3.8, 4) is 0 Å². The first kappa shape index (κ1) is 16.7. The Bertz CT molecular complexity index is 968. The van der Waals surface area contributed by atoms with E-state index in [2.05, 4.69) is 15.1 Å². The number of carbonyl (C=O) groups is 2. The number of hydrogen-bond acceptors (Lipinski definition) is 6. The summed E-state index contributed by atoms with van der Waals surface area (Å²) in [6, 6.07) is 5.24. The summed E-state index contributed by atoms with van der Waals surface area (Å²) >= 11 is 0. The minimum Gasteiger partial charge on any atom is -0.457 e. The number of hydrogen-bond donors (Lipinski definition) is 0. The number of ether oxygens (including phenoxy) is 1. The van der Waals surface area contributed by atoms with Crippen molar-refractivity contribution in [1.82, 2.24) is 19.6 Å². The third-order valence-corrected chi connectivity index (χ3v) is 3.82. The molecule has 0 spiro atoms. The van der Waals surface area contributed by atoms with Crippen molar-refractivity contribution in [1.29, 1.82) is 0 Å². The second-order valence-corrected chi connectivity index (χ2v) is 5.50. The first-order chi connectivity index (χ1) is 12.0. The second kappa shape index (κ2) is 6.76. The molecule has 8 heteroatoms. The van der Waals surface area contributed by atoms with Crippen molar-refractivity contribution in [3.05, 3.63) is 58.9 Å². The smallest absolute Gasteiger partial charge is 0.310 e. The third kappa shape index (κ3) is 3.52. The molecule has 1 aromatic carbocycles. The molecule has 0 aliphatic rings. The number of ketones is 1. The average molecular weight is 342 g/mol. The van der Waals surface area contributed by atoms with E-state index in [1.807, 2.05) is 0 Å². The number of benzene rings is 1. The molecule has 25 heavy (non-hydrogen) atoms. The molecule has 0 amide bonds. The van der Waals surface area contributed by atoms with Crippen LogP contribution in [0.4, 0.5) is 4.39 Å². The molecule has 7 nitrogen and oxygen atoms in total. The van der Waals surface area contributed by atoms with Crippen LogP contribution in [0, 0.1) is 19.7 Å². The molecule has 0 aliphatic heterocycles. The van der Waals surface area contributed by atoms with E-state index in [-0.39, 0.29) is 12.0 Å². The van der Waals surface area contributed by atoms with Gasteiger partial charge in [-0.25, -0.2) is 13.9 Å². The zero-order valence-corrected chi connectivity index (χ0v) is 13.7. The fourth-order valence-electron chi connectivity index (χ4n) is 2.50. The van der Waals surface area contributed by atoms with Crippen LogP contribution in [-0.4, -0.2) is 37.9 Å². The highest BCUT2D eigenvalue weighted by Crippen LogP contribution is 2.14. The van der Waals surface area contributed by atoms with Gasteiger partial charge in [0.2, 0.25) is 0 Å². The Kier molecular flexibility index (Phi) is 4.51. The predicted octanol–water partition coefficient (Wildman–Crippen LogP) is 1.85. The van der Waals surface area contributed by atoms with Crippen LogP contribution in [0.2, 0.25) is 0 Å². The molecule has 128 valence electrons. The van der Waals surface area contributed by atoms with Gasteiger partial charge in [-0.1, -0.05) is 12.1 Å². The molecular weight excluding hydrogens is 327 g/mol. The highest BCUT2D eigenvalue weighted by atomic mass is 19.1. The third-order valence-electron chi connectivity index (χ3n) is 3.82. The van der Waals surface area contributed by atoms with E-state index in [1.54, 1.807) is 13.8 Å². The Morgan fingerprint density at radius 1 is 1.28 bits per heavy atom. The molecule has 0 saturated carbocycles. The van der Waals surface area contributed by atoms with Crippen molar-refractivity contribution in [2.45, 2.75) is 20.3 Å². The summed E-state index contributed by atoms with van der Waals surface area (Å²) < 4.78 is 19.7. The van der Waals surface area contributed by atoms with E-state index in [0.717, 1.165) is 11.8 Å². The van der Waals surface area contributed by atoms with Crippen molar-refractivity contribution in [2.24, 2.45) is 0 Å². The van der Waals surface area contributed by atoms with Gasteiger partial charge in [0.15, 0.2) is 12.4 Å². The van der Waals surface area contributed by atoms with E-state index >= 15 is 0 Å². The Balaban J connectivity index is 1.68. The molecule has 0 radical (unpaired) electrons. The molecule has 0 N–H and O–H groups in total. The first-order valence-electron chi connectivity index (χ1n) is 7.56. The lowest BCUT2D eigenvalue weighted by atomic mass is 10.1. The molecule has 0 unspecified atom stereocenters. The Labute approximate surface area is 142 Å². The van der Waals surface area contributed by atoms with Crippen LogP contribution in [0.5, 0.6) is 0 Å². The maximum Gasteiger partial charge on any atom is 0.310 e. The number of fused-ring (bicyclic) bond motifs is 1. The lowest BCUT2D eigenvalue weighted by molar-refractivity contribution is -0.141. The maximum absolute atomic E-state index is 13.1. The van der Waals surface area contributed by atoms with Gasteiger partial charge in [-0.15, -0.1) is 0 Å². The maximum atomic E-state index is 13.1. The van der Waals surface area contributed by atoms with Crippen LogP contribution in [0.15, 0.2) is 30.6 Å². The number of Topliss-reactive ketones (excluding diaryl/α,β-unsaturated/α-hetero) is 1. The summed E-state index contributed by atoms with van der Waals surface area (Å²) in [5.41, 5.74) is 2.20. The number of rotatable bonds is 5. The molecule has 0 fully saturated rings. The van der Waals surface area contributed by atoms with Crippen molar-refractivity contribution in [2.75, 3.05) is 6.61 Å². The van der Waals surface area contributed by atoms with Crippen molar-refractivity contribution < 1.29 is 18.7 Å². The van der Waals surface area contributed by atoms with E-state index in [1.165, 1.54) is 29.0 Å². The van der Waals surface area contributed by atoms with Crippen LogP contribution < -0.4 is 0 Å². The largest absolute Gasteiger partial charge is 0.457 e. The van der Waals surface area contributed by atoms with Gasteiger partial charge in [0.1, 0.15) is 12.1 Å².